The van der Waals surface area contributed by atoms with Crippen molar-refractivity contribution in [3.8, 4) is 5.75 Å². The Bertz CT molecular complexity index is 566. The number of benzene rings is 2. The number of ether oxygens (including phenoxy) is 1. The summed E-state index contributed by atoms with van der Waals surface area (Å²) in [6.45, 7) is 1.69. The Morgan fingerprint density at radius 2 is 1.78 bits per heavy atom. The topological polar surface area (TPSA) is 46.5 Å². The second kappa shape index (κ2) is 6.68. The van der Waals surface area contributed by atoms with Crippen molar-refractivity contribution in [2.24, 2.45) is 0 Å². The molecular weight excluding hydrogens is 255 g/mol. The van der Waals surface area contributed by atoms with Gasteiger partial charge in [-0.3, -0.25) is 4.79 Å². The number of carbonyl (C=O) groups is 1. The molecule has 4 heteroatoms. The molecule has 2 rings (SSSR count). The Morgan fingerprint density at radius 3 is 2.39 bits per heavy atom. The molecule has 0 aliphatic rings. The quantitative estimate of drug-likeness (QED) is 0.871. The molecule has 0 spiro atoms. The molecule has 0 saturated carbocycles. The zero-order valence-corrected chi connectivity index (χ0v) is 9.81. The summed E-state index contributed by atoms with van der Waals surface area (Å²) in [7, 11) is 1.63. The molecule has 2 aromatic carbocycles. The molecule has 1 N–H and O–H groups in total. The van der Waals surface area contributed by atoms with Gasteiger partial charge < -0.3 is 9.84 Å². The average Bonchev–Trinajstić information content (AvgIpc) is 2.36. The van der Waals surface area contributed by atoms with Crippen LogP contribution in [0.1, 0.15) is 18.4 Å². The van der Waals surface area contributed by atoms with E-state index in [0.717, 1.165) is 22.1 Å². The molecule has 3 nitrogen and oxygen atoms in total. The molecule has 0 aliphatic carbocycles. The normalized spacial score (nSPS) is 11.7. The number of rotatable bonds is 3. The van der Waals surface area contributed by atoms with E-state index in [0.29, 0.717) is 0 Å². The first-order valence-electron chi connectivity index (χ1n) is 5.42. The number of carboxylic acids is 1. The van der Waals surface area contributed by atoms with Gasteiger partial charge in [0, 0.05) is 0 Å². The van der Waals surface area contributed by atoms with Crippen LogP contribution in [0.4, 0.5) is 0 Å². The van der Waals surface area contributed by atoms with E-state index in [1.807, 2.05) is 36.4 Å². The molecule has 0 saturated heterocycles. The Morgan fingerprint density at radius 1 is 1.17 bits per heavy atom. The van der Waals surface area contributed by atoms with Crippen LogP contribution in [0.15, 0.2) is 36.4 Å². The molecule has 0 aromatic heterocycles. The van der Waals surface area contributed by atoms with Crippen LogP contribution in [-0.4, -0.2) is 69.6 Å². The standard InChI is InChI=1S/C14H14O3.K.H/c1-9(14(15)16)10-3-4-12-8-13(17-2)6-5-11(12)7-10;;/h3-9H,1-2H3,(H,15,16);;. The van der Waals surface area contributed by atoms with E-state index in [-0.39, 0.29) is 51.4 Å². The fourth-order valence-corrected chi connectivity index (χ4v) is 1.78. The molecule has 0 radical (unpaired) electrons. The molecule has 0 bridgehead atoms. The predicted molar refractivity (Wildman–Crippen MR) is 73.7 cm³/mol. The third kappa shape index (κ3) is 3.33. The minimum atomic E-state index is -0.808. The van der Waals surface area contributed by atoms with Crippen molar-refractivity contribution >= 4 is 68.1 Å². The molecular formula is C14H15KO3. The van der Waals surface area contributed by atoms with E-state index in [2.05, 4.69) is 0 Å². The molecule has 1 unspecified atom stereocenters. The number of carboxylic acid groups (broad SMARTS) is 1. The summed E-state index contributed by atoms with van der Waals surface area (Å²) in [5.74, 6) is -0.490. The van der Waals surface area contributed by atoms with Gasteiger partial charge >= 0.3 is 57.4 Å². The van der Waals surface area contributed by atoms with Crippen molar-refractivity contribution in [3.63, 3.8) is 0 Å². The van der Waals surface area contributed by atoms with Gasteiger partial charge in [0.25, 0.3) is 0 Å². The number of hydrogen-bond acceptors (Lipinski definition) is 2. The van der Waals surface area contributed by atoms with Crippen LogP contribution < -0.4 is 4.74 Å². The van der Waals surface area contributed by atoms with Crippen molar-refractivity contribution < 1.29 is 14.6 Å². The van der Waals surface area contributed by atoms with Crippen LogP contribution in [-0.2, 0) is 4.79 Å². The molecule has 0 aliphatic heterocycles. The van der Waals surface area contributed by atoms with Gasteiger partial charge in [0.15, 0.2) is 0 Å². The minimum absolute atomic E-state index is 0. The van der Waals surface area contributed by atoms with Crippen LogP contribution >= 0.6 is 0 Å². The van der Waals surface area contributed by atoms with Gasteiger partial charge in [0.1, 0.15) is 5.75 Å². The molecule has 0 heterocycles. The second-order valence-corrected chi connectivity index (χ2v) is 4.03. The van der Waals surface area contributed by atoms with Crippen LogP contribution in [0.2, 0.25) is 0 Å². The van der Waals surface area contributed by atoms with Gasteiger partial charge in [-0.15, -0.1) is 0 Å². The first-order valence-corrected chi connectivity index (χ1v) is 5.42. The third-order valence-electron chi connectivity index (χ3n) is 2.94. The van der Waals surface area contributed by atoms with Gasteiger partial charge in [-0.2, -0.15) is 0 Å². The summed E-state index contributed by atoms with van der Waals surface area (Å²) in [5, 5.41) is 11.0. The van der Waals surface area contributed by atoms with E-state index in [4.69, 9.17) is 9.84 Å². The molecule has 1 atom stereocenters. The fraction of sp³-hybridized carbons (Fsp3) is 0.214. The van der Waals surface area contributed by atoms with Crippen molar-refractivity contribution in [2.75, 3.05) is 7.11 Å². The molecule has 90 valence electrons. The van der Waals surface area contributed by atoms with Gasteiger partial charge in [0.05, 0.1) is 13.0 Å². The Hall–Kier alpha value is -0.394. The molecule has 18 heavy (non-hydrogen) atoms. The van der Waals surface area contributed by atoms with Crippen LogP contribution in [0.5, 0.6) is 5.75 Å². The van der Waals surface area contributed by atoms with Crippen molar-refractivity contribution in [1.82, 2.24) is 0 Å². The second-order valence-electron chi connectivity index (χ2n) is 4.03. The Kier molecular flexibility index (Phi) is 5.81. The number of methoxy groups -OCH3 is 1. The Labute approximate surface area is 149 Å². The first-order chi connectivity index (χ1) is 8.11. The summed E-state index contributed by atoms with van der Waals surface area (Å²) >= 11 is 0. The van der Waals surface area contributed by atoms with E-state index < -0.39 is 11.9 Å². The SMILES string of the molecule is COc1ccc2cc(C(C)C(=O)O)ccc2c1.[KH]. The maximum absolute atomic E-state index is 10.9. The molecule has 0 fully saturated rings. The fourth-order valence-electron chi connectivity index (χ4n) is 1.78. The van der Waals surface area contributed by atoms with Crippen molar-refractivity contribution in [3.05, 3.63) is 42.0 Å². The predicted octanol–water partition coefficient (Wildman–Crippen LogP) is 2.39. The van der Waals surface area contributed by atoms with Gasteiger partial charge in [-0.05, 0) is 35.4 Å². The van der Waals surface area contributed by atoms with E-state index in [9.17, 15) is 4.79 Å². The zero-order chi connectivity index (χ0) is 12.4. The summed E-state index contributed by atoms with van der Waals surface area (Å²) < 4.78 is 5.14. The van der Waals surface area contributed by atoms with E-state index >= 15 is 0 Å². The van der Waals surface area contributed by atoms with Crippen molar-refractivity contribution in [2.45, 2.75) is 12.8 Å². The van der Waals surface area contributed by atoms with E-state index in [1.54, 1.807) is 14.0 Å². The van der Waals surface area contributed by atoms with Crippen LogP contribution in [0.3, 0.4) is 0 Å². The van der Waals surface area contributed by atoms with Gasteiger partial charge in [-0.1, -0.05) is 24.3 Å². The summed E-state index contributed by atoms with van der Waals surface area (Å²) in [4.78, 5) is 10.9. The van der Waals surface area contributed by atoms with Gasteiger partial charge in [0.2, 0.25) is 0 Å². The number of aliphatic carboxylic acids is 1. The van der Waals surface area contributed by atoms with E-state index in [1.165, 1.54) is 0 Å². The third-order valence-corrected chi connectivity index (χ3v) is 2.94. The molecule has 2 aromatic rings. The monoisotopic (exact) mass is 270 g/mol. The number of fused-ring (bicyclic) bond motifs is 1. The van der Waals surface area contributed by atoms with Crippen LogP contribution in [0, 0.1) is 0 Å². The van der Waals surface area contributed by atoms with Crippen molar-refractivity contribution in [1.29, 1.82) is 0 Å². The number of hydrogen-bond donors (Lipinski definition) is 1. The maximum atomic E-state index is 10.9. The summed E-state index contributed by atoms with van der Waals surface area (Å²) in [6, 6.07) is 11.4. The molecule has 0 amide bonds. The first kappa shape index (κ1) is 15.7. The Balaban J connectivity index is 0.00000162. The summed E-state index contributed by atoms with van der Waals surface area (Å²) in [6.07, 6.45) is 0. The zero-order valence-electron chi connectivity index (χ0n) is 9.81. The summed E-state index contributed by atoms with van der Waals surface area (Å²) in [5.41, 5.74) is 0.815. The average molecular weight is 270 g/mol. The van der Waals surface area contributed by atoms with Crippen LogP contribution in [0.25, 0.3) is 10.8 Å². The van der Waals surface area contributed by atoms with Gasteiger partial charge in [-0.25, -0.2) is 0 Å².